The van der Waals surface area contributed by atoms with Crippen molar-refractivity contribution >= 4 is 5.97 Å². The molecular formula is C11H19NO2. The molecule has 14 heavy (non-hydrogen) atoms. The fourth-order valence-corrected chi connectivity index (χ4v) is 2.83. The minimum atomic E-state index is -0.0506. The predicted octanol–water partition coefficient (Wildman–Crippen LogP) is 1.47. The Morgan fingerprint density at radius 1 is 1.36 bits per heavy atom. The molecule has 3 heteroatoms. The molecule has 0 radical (unpaired) electrons. The number of nitrogens with one attached hydrogen (secondary N) is 1. The van der Waals surface area contributed by atoms with Gasteiger partial charge in [0.05, 0.1) is 13.0 Å². The highest BCUT2D eigenvalue weighted by Gasteiger charge is 2.39. The van der Waals surface area contributed by atoms with Gasteiger partial charge in [0, 0.05) is 12.1 Å². The van der Waals surface area contributed by atoms with Crippen LogP contribution in [0.2, 0.25) is 0 Å². The van der Waals surface area contributed by atoms with Crippen molar-refractivity contribution in [3.8, 4) is 0 Å². The molecule has 80 valence electrons. The second-order valence-electron chi connectivity index (χ2n) is 4.63. The first-order valence-electron chi connectivity index (χ1n) is 5.59. The van der Waals surface area contributed by atoms with Crippen LogP contribution < -0.4 is 5.32 Å². The molecule has 1 heterocycles. The fourth-order valence-electron chi connectivity index (χ4n) is 2.83. The molecule has 1 aliphatic carbocycles. The molecule has 2 rings (SSSR count). The van der Waals surface area contributed by atoms with Gasteiger partial charge in [0.2, 0.25) is 0 Å². The van der Waals surface area contributed by atoms with Crippen LogP contribution in [0.15, 0.2) is 0 Å². The number of piperidine rings is 1. The van der Waals surface area contributed by atoms with Crippen LogP contribution in [0, 0.1) is 5.92 Å². The summed E-state index contributed by atoms with van der Waals surface area (Å²) in [5.41, 5.74) is 0.379. The molecule has 1 saturated carbocycles. The Labute approximate surface area is 85.2 Å². The van der Waals surface area contributed by atoms with E-state index in [4.69, 9.17) is 4.74 Å². The van der Waals surface area contributed by atoms with E-state index in [-0.39, 0.29) is 11.9 Å². The third-order valence-corrected chi connectivity index (χ3v) is 3.79. The number of rotatable bonds is 1. The van der Waals surface area contributed by atoms with Gasteiger partial charge in [-0.3, -0.25) is 4.79 Å². The van der Waals surface area contributed by atoms with Crippen LogP contribution in [0.5, 0.6) is 0 Å². The van der Waals surface area contributed by atoms with Gasteiger partial charge < -0.3 is 10.1 Å². The van der Waals surface area contributed by atoms with Crippen molar-refractivity contribution < 1.29 is 9.53 Å². The molecule has 1 unspecified atom stereocenters. The van der Waals surface area contributed by atoms with E-state index in [1.807, 2.05) is 0 Å². The predicted molar refractivity (Wildman–Crippen MR) is 53.9 cm³/mol. The molecule has 0 aromatic carbocycles. The summed E-state index contributed by atoms with van der Waals surface area (Å²) in [5, 5.41) is 3.56. The van der Waals surface area contributed by atoms with E-state index in [1.54, 1.807) is 0 Å². The van der Waals surface area contributed by atoms with Crippen molar-refractivity contribution in [1.29, 1.82) is 0 Å². The summed E-state index contributed by atoms with van der Waals surface area (Å²) in [6.07, 6.45) is 7.42. The molecule has 1 aliphatic heterocycles. The van der Waals surface area contributed by atoms with Crippen LogP contribution in [-0.2, 0) is 9.53 Å². The zero-order valence-electron chi connectivity index (χ0n) is 8.84. The van der Waals surface area contributed by atoms with E-state index in [2.05, 4.69) is 5.32 Å². The first-order chi connectivity index (χ1) is 6.76. The highest BCUT2D eigenvalue weighted by Crippen LogP contribution is 2.37. The molecule has 0 aromatic heterocycles. The Morgan fingerprint density at radius 2 is 2.07 bits per heavy atom. The zero-order chi connectivity index (χ0) is 10.0. The van der Waals surface area contributed by atoms with Crippen molar-refractivity contribution in [3.63, 3.8) is 0 Å². The van der Waals surface area contributed by atoms with Crippen LogP contribution in [0.1, 0.15) is 38.5 Å². The second-order valence-corrected chi connectivity index (χ2v) is 4.63. The molecule has 0 aromatic rings. The van der Waals surface area contributed by atoms with Gasteiger partial charge in [0.15, 0.2) is 0 Å². The van der Waals surface area contributed by atoms with E-state index < -0.39 is 0 Å². The molecule has 3 nitrogen and oxygen atoms in total. The van der Waals surface area contributed by atoms with Gasteiger partial charge in [-0.2, -0.15) is 0 Å². The molecule has 1 atom stereocenters. The van der Waals surface area contributed by atoms with E-state index in [1.165, 1.54) is 32.8 Å². The van der Waals surface area contributed by atoms with Crippen molar-refractivity contribution in [1.82, 2.24) is 5.32 Å². The Bertz CT molecular complexity index is 211. The number of ether oxygens (including phenoxy) is 1. The first-order valence-corrected chi connectivity index (χ1v) is 5.59. The van der Waals surface area contributed by atoms with Gasteiger partial charge in [-0.05, 0) is 25.7 Å². The standard InChI is InChI=1S/C11H19NO2/c1-14-10(13)9-4-7-11(12-8-9)5-2-3-6-11/h9,12H,2-8H2,1H3. The maximum Gasteiger partial charge on any atom is 0.309 e. The van der Waals surface area contributed by atoms with Crippen LogP contribution in [0.3, 0.4) is 0 Å². The van der Waals surface area contributed by atoms with Crippen molar-refractivity contribution in [2.45, 2.75) is 44.1 Å². The van der Waals surface area contributed by atoms with E-state index in [0.29, 0.717) is 5.54 Å². The third-order valence-electron chi connectivity index (χ3n) is 3.79. The fraction of sp³-hybridized carbons (Fsp3) is 0.909. The third kappa shape index (κ3) is 1.78. The van der Waals surface area contributed by atoms with Gasteiger partial charge in [0.25, 0.3) is 0 Å². The molecule has 1 spiro atoms. The number of methoxy groups -OCH3 is 1. The highest BCUT2D eigenvalue weighted by molar-refractivity contribution is 5.72. The summed E-state index contributed by atoms with van der Waals surface area (Å²) in [6.45, 7) is 0.812. The molecule has 1 saturated heterocycles. The summed E-state index contributed by atoms with van der Waals surface area (Å²) in [4.78, 5) is 11.3. The van der Waals surface area contributed by atoms with Crippen molar-refractivity contribution in [2.75, 3.05) is 13.7 Å². The van der Waals surface area contributed by atoms with Crippen LogP contribution in [-0.4, -0.2) is 25.2 Å². The number of hydrogen-bond acceptors (Lipinski definition) is 3. The van der Waals surface area contributed by atoms with E-state index >= 15 is 0 Å². The van der Waals surface area contributed by atoms with Crippen LogP contribution in [0.4, 0.5) is 0 Å². The average Bonchev–Trinajstić information content (AvgIpc) is 2.67. The lowest BCUT2D eigenvalue weighted by Gasteiger charge is -2.37. The number of carbonyl (C=O) groups excluding carboxylic acids is 1. The molecule has 2 aliphatic rings. The maximum absolute atomic E-state index is 11.3. The maximum atomic E-state index is 11.3. The smallest absolute Gasteiger partial charge is 0.309 e. The summed E-state index contributed by atoms with van der Waals surface area (Å²) >= 11 is 0. The Balaban J connectivity index is 1.88. The Hall–Kier alpha value is -0.570. The quantitative estimate of drug-likeness (QED) is 0.647. The second kappa shape index (κ2) is 3.89. The molecule has 0 bridgehead atoms. The van der Waals surface area contributed by atoms with Gasteiger partial charge in [-0.1, -0.05) is 12.8 Å². The monoisotopic (exact) mass is 197 g/mol. The number of esters is 1. The van der Waals surface area contributed by atoms with E-state index in [9.17, 15) is 4.79 Å². The Morgan fingerprint density at radius 3 is 2.57 bits per heavy atom. The van der Waals surface area contributed by atoms with Crippen molar-refractivity contribution in [2.24, 2.45) is 5.92 Å². The molecule has 1 N–H and O–H groups in total. The number of carbonyl (C=O) groups is 1. The zero-order valence-corrected chi connectivity index (χ0v) is 8.84. The Kier molecular flexibility index (Phi) is 2.77. The highest BCUT2D eigenvalue weighted by atomic mass is 16.5. The minimum absolute atomic E-state index is 0.0506. The van der Waals surface area contributed by atoms with Gasteiger partial charge >= 0.3 is 5.97 Å². The topological polar surface area (TPSA) is 38.3 Å². The molecule has 0 amide bonds. The van der Waals surface area contributed by atoms with E-state index in [0.717, 1.165) is 19.4 Å². The van der Waals surface area contributed by atoms with Crippen LogP contribution in [0.25, 0.3) is 0 Å². The molecular weight excluding hydrogens is 178 g/mol. The summed E-state index contributed by atoms with van der Waals surface area (Å²) in [7, 11) is 1.47. The molecule has 2 fully saturated rings. The summed E-state index contributed by atoms with van der Waals surface area (Å²) in [6, 6.07) is 0. The first kappa shape index (κ1) is 9.97. The van der Waals surface area contributed by atoms with Gasteiger partial charge in [-0.15, -0.1) is 0 Å². The lowest BCUT2D eigenvalue weighted by Crippen LogP contribution is -2.50. The minimum Gasteiger partial charge on any atom is -0.469 e. The normalized spacial score (nSPS) is 30.5. The van der Waals surface area contributed by atoms with Crippen LogP contribution >= 0.6 is 0 Å². The van der Waals surface area contributed by atoms with Gasteiger partial charge in [0.1, 0.15) is 0 Å². The summed E-state index contributed by atoms with van der Waals surface area (Å²) in [5.74, 6) is 0.0385. The summed E-state index contributed by atoms with van der Waals surface area (Å²) < 4.78 is 4.76. The van der Waals surface area contributed by atoms with Gasteiger partial charge in [-0.25, -0.2) is 0 Å². The largest absolute Gasteiger partial charge is 0.469 e. The SMILES string of the molecule is COC(=O)C1CCC2(CCCC2)NC1. The lowest BCUT2D eigenvalue weighted by atomic mass is 9.83. The average molecular weight is 197 g/mol. The number of hydrogen-bond donors (Lipinski definition) is 1. The van der Waals surface area contributed by atoms with Crippen molar-refractivity contribution in [3.05, 3.63) is 0 Å². The lowest BCUT2D eigenvalue weighted by molar-refractivity contribution is -0.146.